The van der Waals surface area contributed by atoms with E-state index in [0.717, 1.165) is 31.4 Å². The Morgan fingerprint density at radius 1 is 1.56 bits per heavy atom. The number of carbonyl (C=O) groups excluding carboxylic acids is 1. The van der Waals surface area contributed by atoms with Gasteiger partial charge in [0.25, 0.3) is 0 Å². The molecule has 1 aliphatic heterocycles. The molecular weight excluding hydrogens is 220 g/mol. The first-order chi connectivity index (χ1) is 7.74. The second-order valence-electron chi connectivity index (χ2n) is 4.09. The number of esters is 1. The Hall–Kier alpha value is -0.700. The lowest BCUT2D eigenvalue weighted by Gasteiger charge is -2.09. The summed E-state index contributed by atoms with van der Waals surface area (Å²) in [6.45, 7) is 1.93. The van der Waals surface area contributed by atoms with Crippen molar-refractivity contribution in [2.24, 2.45) is 5.92 Å². The van der Waals surface area contributed by atoms with E-state index in [2.05, 4.69) is 17.6 Å². The van der Waals surface area contributed by atoms with E-state index >= 15 is 0 Å². The summed E-state index contributed by atoms with van der Waals surface area (Å²) in [6.07, 6.45) is 8.78. The molecule has 0 bridgehead atoms. The molecule has 0 aliphatic carbocycles. The van der Waals surface area contributed by atoms with Gasteiger partial charge in [-0.2, -0.15) is 0 Å². The quantitative estimate of drug-likeness (QED) is 0.524. The van der Waals surface area contributed by atoms with Crippen LogP contribution in [0.5, 0.6) is 0 Å². The molecule has 1 unspecified atom stereocenters. The Labute approximate surface area is 102 Å². The molecule has 0 aromatic rings. The average molecular weight is 240 g/mol. The SMILES string of the molecule is COC(=O)C(C)CCCCC1=CCSC=C1. The van der Waals surface area contributed by atoms with Crippen molar-refractivity contribution in [3.05, 3.63) is 23.1 Å². The van der Waals surface area contributed by atoms with Gasteiger partial charge in [0.05, 0.1) is 13.0 Å². The molecule has 0 spiro atoms. The summed E-state index contributed by atoms with van der Waals surface area (Å²) in [6, 6.07) is 0. The van der Waals surface area contributed by atoms with Crippen LogP contribution >= 0.6 is 11.8 Å². The summed E-state index contributed by atoms with van der Waals surface area (Å²) in [5.41, 5.74) is 1.43. The first-order valence-corrected chi connectivity index (χ1v) is 6.84. The maximum atomic E-state index is 11.2. The molecule has 1 heterocycles. The number of hydrogen-bond acceptors (Lipinski definition) is 3. The largest absolute Gasteiger partial charge is 0.469 e. The number of carbonyl (C=O) groups is 1. The summed E-state index contributed by atoms with van der Waals surface area (Å²) >= 11 is 1.83. The lowest BCUT2D eigenvalue weighted by atomic mass is 10.0. The Bertz CT molecular complexity index is 282. The fourth-order valence-electron chi connectivity index (χ4n) is 1.70. The maximum Gasteiger partial charge on any atom is 0.308 e. The first kappa shape index (κ1) is 13.4. The number of allylic oxidation sites excluding steroid dienone is 2. The van der Waals surface area contributed by atoms with Gasteiger partial charge in [-0.3, -0.25) is 4.79 Å². The highest BCUT2D eigenvalue weighted by Crippen LogP contribution is 2.19. The van der Waals surface area contributed by atoms with Gasteiger partial charge in [0.1, 0.15) is 0 Å². The number of ether oxygens (including phenoxy) is 1. The molecule has 0 aromatic heterocycles. The monoisotopic (exact) mass is 240 g/mol. The molecule has 1 rings (SSSR count). The highest BCUT2D eigenvalue weighted by atomic mass is 32.2. The van der Waals surface area contributed by atoms with Crippen LogP contribution in [0.25, 0.3) is 0 Å². The molecule has 1 atom stereocenters. The second kappa shape index (κ2) is 7.55. The number of methoxy groups -OCH3 is 1. The van der Waals surface area contributed by atoms with E-state index in [-0.39, 0.29) is 11.9 Å². The van der Waals surface area contributed by atoms with Crippen LogP contribution in [0.1, 0.15) is 32.6 Å². The fraction of sp³-hybridized carbons (Fsp3) is 0.615. The zero-order chi connectivity index (χ0) is 11.8. The van der Waals surface area contributed by atoms with Gasteiger partial charge in [0.2, 0.25) is 0 Å². The lowest BCUT2D eigenvalue weighted by molar-refractivity contribution is -0.145. The predicted molar refractivity (Wildman–Crippen MR) is 69.3 cm³/mol. The Morgan fingerprint density at radius 3 is 3.00 bits per heavy atom. The third-order valence-electron chi connectivity index (χ3n) is 2.78. The highest BCUT2D eigenvalue weighted by molar-refractivity contribution is 8.02. The molecule has 3 heteroatoms. The summed E-state index contributed by atoms with van der Waals surface area (Å²) in [5, 5.41) is 2.16. The van der Waals surface area contributed by atoms with Gasteiger partial charge in [-0.25, -0.2) is 0 Å². The van der Waals surface area contributed by atoms with Crippen LogP contribution in [0.2, 0.25) is 0 Å². The van der Waals surface area contributed by atoms with Crippen molar-refractivity contribution >= 4 is 17.7 Å². The van der Waals surface area contributed by atoms with Crippen molar-refractivity contribution in [1.82, 2.24) is 0 Å². The van der Waals surface area contributed by atoms with E-state index in [1.54, 1.807) is 0 Å². The van der Waals surface area contributed by atoms with Crippen molar-refractivity contribution in [3.63, 3.8) is 0 Å². The lowest BCUT2D eigenvalue weighted by Crippen LogP contribution is -2.12. The van der Waals surface area contributed by atoms with Gasteiger partial charge < -0.3 is 4.74 Å². The normalized spacial score (nSPS) is 16.8. The Morgan fingerprint density at radius 2 is 2.38 bits per heavy atom. The van der Waals surface area contributed by atoms with E-state index in [1.165, 1.54) is 12.7 Å². The van der Waals surface area contributed by atoms with Gasteiger partial charge in [0.15, 0.2) is 0 Å². The molecule has 1 aliphatic rings. The first-order valence-electron chi connectivity index (χ1n) is 5.79. The molecule has 0 N–H and O–H groups in total. The molecule has 0 aromatic carbocycles. The number of hydrogen-bond donors (Lipinski definition) is 0. The summed E-state index contributed by atoms with van der Waals surface area (Å²) in [5.74, 6) is 1.05. The van der Waals surface area contributed by atoms with Crippen LogP contribution < -0.4 is 0 Å². The van der Waals surface area contributed by atoms with Crippen LogP contribution in [0.15, 0.2) is 23.1 Å². The molecule has 0 saturated carbocycles. The van der Waals surface area contributed by atoms with Crippen LogP contribution in [0.4, 0.5) is 0 Å². The van der Waals surface area contributed by atoms with Crippen molar-refractivity contribution in [1.29, 1.82) is 0 Å². The van der Waals surface area contributed by atoms with Crippen LogP contribution in [0, 0.1) is 5.92 Å². The summed E-state index contributed by atoms with van der Waals surface area (Å²) < 4.78 is 4.69. The van der Waals surface area contributed by atoms with Crippen LogP contribution in [-0.4, -0.2) is 18.8 Å². The van der Waals surface area contributed by atoms with Crippen LogP contribution in [0.3, 0.4) is 0 Å². The predicted octanol–water partition coefficient (Wildman–Crippen LogP) is 3.54. The molecular formula is C13H20O2S. The topological polar surface area (TPSA) is 26.3 Å². The van der Waals surface area contributed by atoms with Crippen molar-refractivity contribution in [2.45, 2.75) is 32.6 Å². The van der Waals surface area contributed by atoms with Crippen LogP contribution in [-0.2, 0) is 9.53 Å². The smallest absolute Gasteiger partial charge is 0.308 e. The van der Waals surface area contributed by atoms with Gasteiger partial charge in [-0.05, 0) is 24.7 Å². The third kappa shape index (κ3) is 4.88. The van der Waals surface area contributed by atoms with Crippen molar-refractivity contribution in [2.75, 3.05) is 12.9 Å². The molecule has 2 nitrogen and oxygen atoms in total. The molecule has 0 saturated heterocycles. The zero-order valence-corrected chi connectivity index (χ0v) is 10.9. The average Bonchev–Trinajstić information content (AvgIpc) is 2.34. The number of rotatable bonds is 6. The molecule has 16 heavy (non-hydrogen) atoms. The van der Waals surface area contributed by atoms with Gasteiger partial charge in [-0.15, -0.1) is 11.8 Å². The van der Waals surface area contributed by atoms with E-state index in [4.69, 9.17) is 4.74 Å². The fourth-order valence-corrected chi connectivity index (χ4v) is 2.39. The number of unbranched alkanes of at least 4 members (excludes halogenated alkanes) is 1. The van der Waals surface area contributed by atoms with Gasteiger partial charge in [0, 0.05) is 5.75 Å². The highest BCUT2D eigenvalue weighted by Gasteiger charge is 2.11. The van der Waals surface area contributed by atoms with E-state index in [1.807, 2.05) is 18.7 Å². The van der Waals surface area contributed by atoms with E-state index in [0.29, 0.717) is 0 Å². The minimum absolute atomic E-state index is 0.0384. The van der Waals surface area contributed by atoms with E-state index < -0.39 is 0 Å². The van der Waals surface area contributed by atoms with Crippen molar-refractivity contribution < 1.29 is 9.53 Å². The van der Waals surface area contributed by atoms with E-state index in [9.17, 15) is 4.79 Å². The van der Waals surface area contributed by atoms with Gasteiger partial charge in [-0.1, -0.05) is 31.1 Å². The minimum atomic E-state index is -0.0897. The zero-order valence-electron chi connectivity index (χ0n) is 10.1. The standard InChI is InChI=1S/C13H20O2S/c1-11(13(14)15-2)5-3-4-6-12-7-9-16-10-8-12/h7-9,11H,3-6,10H2,1-2H3. The number of thioether (sulfide) groups is 1. The minimum Gasteiger partial charge on any atom is -0.469 e. The molecule has 0 amide bonds. The Kier molecular flexibility index (Phi) is 6.31. The third-order valence-corrected chi connectivity index (χ3v) is 3.46. The summed E-state index contributed by atoms with van der Waals surface area (Å²) in [4.78, 5) is 11.2. The molecule has 0 fully saturated rings. The van der Waals surface area contributed by atoms with Crippen molar-refractivity contribution in [3.8, 4) is 0 Å². The maximum absolute atomic E-state index is 11.2. The molecule has 90 valence electrons. The second-order valence-corrected chi connectivity index (χ2v) is 5.02. The van der Waals surface area contributed by atoms with Gasteiger partial charge >= 0.3 is 5.97 Å². The summed E-state index contributed by atoms with van der Waals surface area (Å²) in [7, 11) is 1.45. The Balaban J connectivity index is 2.09. The molecule has 0 radical (unpaired) electrons.